The summed E-state index contributed by atoms with van der Waals surface area (Å²) >= 11 is 0. The first-order valence-electron chi connectivity index (χ1n) is 4.82. The number of ketones is 1. The number of nitrogens with one attached hydrogen (secondary N) is 1. The van der Waals surface area contributed by atoms with Crippen LogP contribution >= 0.6 is 0 Å². The topological polar surface area (TPSA) is 66.5 Å². The monoisotopic (exact) mass is 220 g/mol. The average Bonchev–Trinajstić information content (AvgIpc) is 2.16. The molecule has 0 bridgehead atoms. The summed E-state index contributed by atoms with van der Waals surface area (Å²) in [4.78, 5) is 10.9. The molecule has 0 unspecified atom stereocenters. The lowest BCUT2D eigenvalue weighted by atomic mass is 10.1. The second-order valence-electron chi connectivity index (χ2n) is 3.34. The Kier molecular flexibility index (Phi) is 4.03. The van der Waals surface area contributed by atoms with Crippen molar-refractivity contribution < 1.29 is 13.2 Å². The molecule has 82 valence electrons. The molecule has 14 heavy (non-hydrogen) atoms. The average molecular weight is 220 g/mol. The number of carbonyl (C=O) groups is 1. The predicted molar refractivity (Wildman–Crippen MR) is 53.0 cm³/mol. The Morgan fingerprint density at radius 3 is 2.43 bits per heavy atom. The quantitative estimate of drug-likeness (QED) is 0.719. The number of hydrogen-bond acceptors (Lipinski definition) is 3. The van der Waals surface area contributed by atoms with Gasteiger partial charge in [0.05, 0.1) is 0 Å². The zero-order valence-electron chi connectivity index (χ0n) is 8.32. The first-order valence-corrected chi connectivity index (χ1v) is 6.26. The van der Waals surface area contributed by atoms with Gasteiger partial charge in [-0.05, 0) is 6.42 Å². The molecule has 0 aromatic rings. The zero-order valence-corrected chi connectivity index (χ0v) is 9.14. The van der Waals surface area contributed by atoms with Crippen molar-refractivity contribution in [2.75, 3.05) is 19.6 Å². The van der Waals surface area contributed by atoms with Crippen LogP contribution in [0.4, 0.5) is 0 Å². The highest BCUT2D eigenvalue weighted by molar-refractivity contribution is 7.87. The van der Waals surface area contributed by atoms with Crippen LogP contribution in [0, 0.1) is 0 Å². The van der Waals surface area contributed by atoms with Crippen LogP contribution in [0.1, 0.15) is 26.2 Å². The fourth-order valence-electron chi connectivity index (χ4n) is 1.30. The van der Waals surface area contributed by atoms with Crippen molar-refractivity contribution in [2.45, 2.75) is 26.2 Å². The van der Waals surface area contributed by atoms with Crippen molar-refractivity contribution in [1.82, 2.24) is 9.03 Å². The molecule has 1 saturated heterocycles. The maximum Gasteiger partial charge on any atom is 0.279 e. The molecule has 0 atom stereocenters. The van der Waals surface area contributed by atoms with Crippen molar-refractivity contribution in [3.63, 3.8) is 0 Å². The van der Waals surface area contributed by atoms with Crippen LogP contribution in [0.25, 0.3) is 0 Å². The summed E-state index contributed by atoms with van der Waals surface area (Å²) in [5, 5.41) is 0. The number of rotatable bonds is 4. The molecule has 1 fully saturated rings. The van der Waals surface area contributed by atoms with E-state index in [0.717, 1.165) is 6.42 Å². The van der Waals surface area contributed by atoms with E-state index < -0.39 is 10.2 Å². The molecule has 6 heteroatoms. The van der Waals surface area contributed by atoms with Gasteiger partial charge in [-0.3, -0.25) is 4.79 Å². The molecular weight excluding hydrogens is 204 g/mol. The first kappa shape index (κ1) is 11.6. The van der Waals surface area contributed by atoms with Gasteiger partial charge in [-0.25, -0.2) is 4.72 Å². The molecule has 0 saturated carbocycles. The molecule has 0 aromatic carbocycles. The van der Waals surface area contributed by atoms with Gasteiger partial charge in [0.1, 0.15) is 5.78 Å². The van der Waals surface area contributed by atoms with Gasteiger partial charge in [0.15, 0.2) is 0 Å². The minimum atomic E-state index is -3.34. The van der Waals surface area contributed by atoms with Crippen molar-refractivity contribution in [3.05, 3.63) is 0 Å². The molecule has 0 aliphatic carbocycles. The van der Waals surface area contributed by atoms with E-state index >= 15 is 0 Å². The van der Waals surface area contributed by atoms with Gasteiger partial charge >= 0.3 is 0 Å². The largest absolute Gasteiger partial charge is 0.300 e. The summed E-state index contributed by atoms with van der Waals surface area (Å²) in [5.74, 6) is 0.145. The lowest BCUT2D eigenvalue weighted by molar-refractivity contribution is -0.120. The SMILES string of the molecule is CCCNS(=O)(=O)N1CCC(=O)CC1. The van der Waals surface area contributed by atoms with Crippen LogP contribution < -0.4 is 4.72 Å². The molecule has 1 heterocycles. The Hall–Kier alpha value is -0.460. The molecule has 0 aromatic heterocycles. The highest BCUT2D eigenvalue weighted by Gasteiger charge is 2.25. The number of nitrogens with zero attached hydrogens (tertiary/aromatic N) is 1. The minimum absolute atomic E-state index is 0.145. The third kappa shape index (κ3) is 3.04. The minimum Gasteiger partial charge on any atom is -0.300 e. The highest BCUT2D eigenvalue weighted by Crippen LogP contribution is 2.09. The molecule has 0 spiro atoms. The van der Waals surface area contributed by atoms with Gasteiger partial charge in [-0.2, -0.15) is 12.7 Å². The second kappa shape index (κ2) is 4.86. The summed E-state index contributed by atoms with van der Waals surface area (Å²) in [6, 6.07) is 0. The first-order chi connectivity index (χ1) is 6.56. The summed E-state index contributed by atoms with van der Waals surface area (Å²) in [6.07, 6.45) is 1.45. The van der Waals surface area contributed by atoms with Gasteiger partial charge < -0.3 is 0 Å². The fraction of sp³-hybridized carbons (Fsp3) is 0.875. The standard InChI is InChI=1S/C8H16N2O3S/c1-2-5-9-14(12,13)10-6-3-8(11)4-7-10/h9H,2-7H2,1H3. The molecule has 1 N–H and O–H groups in total. The highest BCUT2D eigenvalue weighted by atomic mass is 32.2. The van der Waals surface area contributed by atoms with E-state index in [1.165, 1.54) is 4.31 Å². The van der Waals surface area contributed by atoms with E-state index in [2.05, 4.69) is 4.72 Å². The molecule has 0 radical (unpaired) electrons. The number of hydrogen-bond donors (Lipinski definition) is 1. The van der Waals surface area contributed by atoms with Gasteiger partial charge in [-0.15, -0.1) is 0 Å². The lowest BCUT2D eigenvalue weighted by Crippen LogP contribution is -2.45. The predicted octanol–water partition coefficient (Wildman–Crippen LogP) is -0.104. The van der Waals surface area contributed by atoms with Gasteiger partial charge in [0, 0.05) is 32.5 Å². The smallest absolute Gasteiger partial charge is 0.279 e. The maximum absolute atomic E-state index is 11.6. The van der Waals surface area contributed by atoms with Gasteiger partial charge in [0.2, 0.25) is 0 Å². The summed E-state index contributed by atoms with van der Waals surface area (Å²) < 4.78 is 26.9. The van der Waals surface area contributed by atoms with Crippen molar-refractivity contribution in [3.8, 4) is 0 Å². The number of carbonyl (C=O) groups excluding carboxylic acids is 1. The third-order valence-electron chi connectivity index (χ3n) is 2.15. The molecule has 5 nitrogen and oxygen atoms in total. The number of piperidine rings is 1. The van der Waals surface area contributed by atoms with Crippen LogP contribution in [-0.4, -0.2) is 38.1 Å². The fourth-order valence-corrected chi connectivity index (χ4v) is 2.61. The Bertz CT molecular complexity index is 290. The van der Waals surface area contributed by atoms with E-state index in [4.69, 9.17) is 0 Å². The van der Waals surface area contributed by atoms with Crippen LogP contribution in [0.2, 0.25) is 0 Å². The van der Waals surface area contributed by atoms with Crippen LogP contribution in [-0.2, 0) is 15.0 Å². The molecule has 1 aliphatic rings. The van der Waals surface area contributed by atoms with E-state index in [9.17, 15) is 13.2 Å². The van der Waals surface area contributed by atoms with Crippen molar-refractivity contribution >= 4 is 16.0 Å². The lowest BCUT2D eigenvalue weighted by Gasteiger charge is -2.25. The summed E-state index contributed by atoms with van der Waals surface area (Å²) in [6.45, 7) is 2.99. The Labute approximate surface area is 84.7 Å². The van der Waals surface area contributed by atoms with Gasteiger partial charge in [-0.1, -0.05) is 6.92 Å². The zero-order chi connectivity index (χ0) is 10.6. The van der Waals surface area contributed by atoms with Gasteiger partial charge in [0.25, 0.3) is 10.2 Å². The Morgan fingerprint density at radius 1 is 1.36 bits per heavy atom. The summed E-state index contributed by atoms with van der Waals surface area (Å²) in [5.41, 5.74) is 0. The summed E-state index contributed by atoms with van der Waals surface area (Å²) in [7, 11) is -3.34. The number of Topliss-reactive ketones (excluding diaryl/α,β-unsaturated/α-hetero) is 1. The maximum atomic E-state index is 11.6. The molecule has 1 aliphatic heterocycles. The van der Waals surface area contributed by atoms with Crippen LogP contribution in [0.3, 0.4) is 0 Å². The molecule has 1 rings (SSSR count). The van der Waals surface area contributed by atoms with Crippen molar-refractivity contribution in [1.29, 1.82) is 0 Å². The second-order valence-corrected chi connectivity index (χ2v) is 5.09. The molecular formula is C8H16N2O3S. The molecule has 0 amide bonds. The van der Waals surface area contributed by atoms with E-state index in [1.807, 2.05) is 6.92 Å². The van der Waals surface area contributed by atoms with E-state index in [0.29, 0.717) is 32.5 Å². The Balaban J connectivity index is 2.51. The van der Waals surface area contributed by atoms with Crippen LogP contribution in [0.15, 0.2) is 0 Å². The van der Waals surface area contributed by atoms with E-state index in [-0.39, 0.29) is 5.78 Å². The van der Waals surface area contributed by atoms with Crippen LogP contribution in [0.5, 0.6) is 0 Å². The normalized spacial score (nSPS) is 19.9. The van der Waals surface area contributed by atoms with E-state index in [1.54, 1.807) is 0 Å². The third-order valence-corrected chi connectivity index (χ3v) is 3.77. The Morgan fingerprint density at radius 2 is 1.93 bits per heavy atom. The van der Waals surface area contributed by atoms with Crippen molar-refractivity contribution in [2.24, 2.45) is 0 Å².